The van der Waals surface area contributed by atoms with Gasteiger partial charge in [-0.1, -0.05) is 6.07 Å². The number of ether oxygens (including phenoxy) is 1. The number of carbonyl (C=O) groups excluding carboxylic acids is 1. The van der Waals surface area contributed by atoms with Crippen molar-refractivity contribution in [3.8, 4) is 5.75 Å². The number of rotatable bonds is 4. The Kier molecular flexibility index (Phi) is 5.33. The van der Waals surface area contributed by atoms with E-state index in [2.05, 4.69) is 5.10 Å². The van der Waals surface area contributed by atoms with E-state index < -0.39 is 23.5 Å². The summed E-state index contributed by atoms with van der Waals surface area (Å²) in [7, 11) is 1.18. The van der Waals surface area contributed by atoms with Gasteiger partial charge in [-0.05, 0) is 43.4 Å². The minimum atomic E-state index is -4.58. The molecule has 1 aromatic carbocycles. The van der Waals surface area contributed by atoms with E-state index >= 15 is 0 Å². The summed E-state index contributed by atoms with van der Waals surface area (Å²) in [5, 5.41) is 4.32. The van der Waals surface area contributed by atoms with Crippen molar-refractivity contribution < 1.29 is 22.7 Å². The predicted molar refractivity (Wildman–Crippen MR) is 101 cm³/mol. The number of likely N-dealkylation sites (tertiary alicyclic amines) is 1. The van der Waals surface area contributed by atoms with Gasteiger partial charge in [0.1, 0.15) is 17.6 Å². The van der Waals surface area contributed by atoms with Gasteiger partial charge in [0.15, 0.2) is 0 Å². The number of amides is 1. The zero-order valence-electron chi connectivity index (χ0n) is 16.6. The molecular weight excluding hydrogens is 401 g/mol. The number of aromatic nitrogens is 3. The first-order chi connectivity index (χ1) is 14.3. The Labute approximate surface area is 171 Å². The molecule has 0 unspecified atom stereocenters. The lowest BCUT2D eigenvalue weighted by Gasteiger charge is -2.27. The second-order valence-electron chi connectivity index (χ2n) is 7.70. The molecule has 3 heterocycles. The molecule has 0 saturated carbocycles. The minimum absolute atomic E-state index is 0.0705. The van der Waals surface area contributed by atoms with E-state index in [0.29, 0.717) is 31.8 Å². The van der Waals surface area contributed by atoms with E-state index in [1.807, 2.05) is 0 Å². The van der Waals surface area contributed by atoms with Crippen molar-refractivity contribution >= 4 is 5.91 Å². The van der Waals surface area contributed by atoms with Crippen LogP contribution in [0.25, 0.3) is 0 Å². The van der Waals surface area contributed by atoms with Crippen LogP contribution >= 0.6 is 0 Å². The average molecular weight is 424 g/mol. The molecule has 1 aromatic heterocycles. The van der Waals surface area contributed by atoms with E-state index in [-0.39, 0.29) is 23.8 Å². The van der Waals surface area contributed by atoms with E-state index in [1.165, 1.54) is 23.8 Å². The number of fused-ring (bicyclic) bond motifs is 1. The zero-order valence-corrected chi connectivity index (χ0v) is 16.6. The maximum atomic E-state index is 13.3. The Morgan fingerprint density at radius 3 is 2.63 bits per heavy atom. The Hall–Kier alpha value is -2.78. The Morgan fingerprint density at radius 1 is 1.23 bits per heavy atom. The topological polar surface area (TPSA) is 69.4 Å². The van der Waals surface area contributed by atoms with Crippen LogP contribution in [0.5, 0.6) is 5.75 Å². The predicted octanol–water partition coefficient (Wildman–Crippen LogP) is 2.62. The fourth-order valence-electron chi connectivity index (χ4n) is 4.26. The lowest BCUT2D eigenvalue weighted by Crippen LogP contribution is -2.41. The number of hydrogen-bond donors (Lipinski definition) is 0. The number of carbonyl (C=O) groups is 1. The van der Waals surface area contributed by atoms with Gasteiger partial charge in [-0.15, -0.1) is 0 Å². The van der Waals surface area contributed by atoms with Gasteiger partial charge in [-0.2, -0.15) is 18.3 Å². The SMILES string of the molecule is COc1ccc(Cn2nc3n(c2=O)[C@@H](C(=O)N2CCCC2)CCC3)cc1C(F)(F)F. The molecule has 1 amide bonds. The Balaban J connectivity index is 1.65. The van der Waals surface area contributed by atoms with Crippen molar-refractivity contribution in [2.45, 2.75) is 50.9 Å². The molecule has 0 spiro atoms. The van der Waals surface area contributed by atoms with E-state index in [1.54, 1.807) is 4.90 Å². The van der Waals surface area contributed by atoms with Crippen LogP contribution in [0.2, 0.25) is 0 Å². The molecule has 2 aliphatic rings. The van der Waals surface area contributed by atoms with Crippen molar-refractivity contribution in [2.24, 2.45) is 0 Å². The molecule has 30 heavy (non-hydrogen) atoms. The highest BCUT2D eigenvalue weighted by Crippen LogP contribution is 2.36. The van der Waals surface area contributed by atoms with Crippen LogP contribution in [0.15, 0.2) is 23.0 Å². The Morgan fingerprint density at radius 2 is 1.97 bits per heavy atom. The largest absolute Gasteiger partial charge is 0.496 e. The summed E-state index contributed by atoms with van der Waals surface area (Å²) < 4.78 is 47.3. The summed E-state index contributed by atoms with van der Waals surface area (Å²) in [6.07, 6.45) is -0.803. The van der Waals surface area contributed by atoms with Crippen LogP contribution in [0.3, 0.4) is 0 Å². The molecule has 1 saturated heterocycles. The molecule has 2 aromatic rings. The number of alkyl halides is 3. The van der Waals surface area contributed by atoms with Crippen LogP contribution in [-0.2, 0) is 23.9 Å². The summed E-state index contributed by atoms with van der Waals surface area (Å²) in [4.78, 5) is 27.7. The molecule has 1 fully saturated rings. The Bertz CT molecular complexity index is 1010. The fraction of sp³-hybridized carbons (Fsp3) is 0.550. The standard InChI is InChI=1S/C20H23F3N4O3/c1-30-16-8-7-13(11-14(16)20(21,22)23)12-26-19(29)27-15(5-4-6-17(27)24-26)18(28)25-9-2-3-10-25/h7-8,11,15H,2-6,9-10,12H2,1H3/t15-/m1/s1. The highest BCUT2D eigenvalue weighted by Gasteiger charge is 2.36. The van der Waals surface area contributed by atoms with Gasteiger partial charge < -0.3 is 9.64 Å². The van der Waals surface area contributed by atoms with Gasteiger partial charge >= 0.3 is 11.9 Å². The normalized spacial score (nSPS) is 19.1. The molecule has 7 nitrogen and oxygen atoms in total. The molecule has 162 valence electrons. The van der Waals surface area contributed by atoms with Gasteiger partial charge in [-0.3, -0.25) is 9.36 Å². The number of methoxy groups -OCH3 is 1. The second kappa shape index (κ2) is 7.81. The minimum Gasteiger partial charge on any atom is -0.496 e. The molecule has 4 rings (SSSR count). The second-order valence-corrected chi connectivity index (χ2v) is 7.70. The summed E-state index contributed by atoms with van der Waals surface area (Å²) in [6.45, 7) is 1.27. The summed E-state index contributed by atoms with van der Waals surface area (Å²) in [6, 6.07) is 3.09. The van der Waals surface area contributed by atoms with Crippen molar-refractivity contribution in [3.05, 3.63) is 45.6 Å². The van der Waals surface area contributed by atoms with Crippen molar-refractivity contribution in [2.75, 3.05) is 20.2 Å². The summed E-state index contributed by atoms with van der Waals surface area (Å²) >= 11 is 0. The molecule has 0 aliphatic carbocycles. The van der Waals surface area contributed by atoms with Crippen molar-refractivity contribution in [1.82, 2.24) is 19.2 Å². The van der Waals surface area contributed by atoms with Crippen LogP contribution in [-0.4, -0.2) is 45.4 Å². The highest BCUT2D eigenvalue weighted by atomic mass is 19.4. The lowest BCUT2D eigenvalue weighted by atomic mass is 10.0. The molecule has 10 heteroatoms. The number of halogens is 3. The quantitative estimate of drug-likeness (QED) is 0.757. The van der Waals surface area contributed by atoms with Crippen molar-refractivity contribution in [3.63, 3.8) is 0 Å². The molecular formula is C20H23F3N4O3. The highest BCUT2D eigenvalue weighted by molar-refractivity contribution is 5.80. The first-order valence-electron chi connectivity index (χ1n) is 10.0. The van der Waals surface area contributed by atoms with E-state index in [0.717, 1.165) is 30.0 Å². The van der Waals surface area contributed by atoms with Crippen LogP contribution in [0, 0.1) is 0 Å². The third-order valence-corrected chi connectivity index (χ3v) is 5.74. The maximum absolute atomic E-state index is 13.3. The third-order valence-electron chi connectivity index (χ3n) is 5.74. The molecule has 0 bridgehead atoms. The monoisotopic (exact) mass is 424 g/mol. The van der Waals surface area contributed by atoms with Crippen molar-refractivity contribution in [1.29, 1.82) is 0 Å². The number of hydrogen-bond acceptors (Lipinski definition) is 4. The van der Waals surface area contributed by atoms with E-state index in [9.17, 15) is 22.8 Å². The third kappa shape index (κ3) is 3.70. The molecule has 1 atom stereocenters. The first-order valence-corrected chi connectivity index (χ1v) is 10.0. The van der Waals surface area contributed by atoms with E-state index in [4.69, 9.17) is 4.74 Å². The molecule has 0 N–H and O–H groups in total. The number of benzene rings is 1. The smallest absolute Gasteiger partial charge is 0.419 e. The first kappa shape index (κ1) is 20.5. The van der Waals surface area contributed by atoms with Gasteiger partial charge in [0.25, 0.3) is 0 Å². The van der Waals surface area contributed by atoms with Crippen LogP contribution in [0.4, 0.5) is 13.2 Å². The van der Waals surface area contributed by atoms with Gasteiger partial charge in [0.05, 0.1) is 19.2 Å². The van der Waals surface area contributed by atoms with Gasteiger partial charge in [-0.25, -0.2) is 9.48 Å². The lowest BCUT2D eigenvalue weighted by molar-refractivity contribution is -0.139. The summed E-state index contributed by atoms with van der Waals surface area (Å²) in [5.74, 6) is 0.159. The van der Waals surface area contributed by atoms with Gasteiger partial charge in [0.2, 0.25) is 5.91 Å². The molecule has 2 aliphatic heterocycles. The van der Waals surface area contributed by atoms with Gasteiger partial charge in [0, 0.05) is 19.5 Å². The number of aryl methyl sites for hydroxylation is 1. The molecule has 0 radical (unpaired) electrons. The van der Waals surface area contributed by atoms with Crippen LogP contribution in [0.1, 0.15) is 48.7 Å². The average Bonchev–Trinajstić information content (AvgIpc) is 3.36. The summed E-state index contributed by atoms with van der Waals surface area (Å²) in [5.41, 5.74) is -1.09. The van der Waals surface area contributed by atoms with Crippen LogP contribution < -0.4 is 10.4 Å². The fourth-order valence-corrected chi connectivity index (χ4v) is 4.26. The maximum Gasteiger partial charge on any atom is 0.419 e. The number of nitrogens with zero attached hydrogens (tertiary/aromatic N) is 4. The zero-order chi connectivity index (χ0) is 21.5.